The highest BCUT2D eigenvalue weighted by Gasteiger charge is 2.54. The number of carbonyl (C=O) groups is 2. The van der Waals surface area contributed by atoms with E-state index in [1.54, 1.807) is 12.1 Å². The monoisotopic (exact) mass is 336 g/mol. The Labute approximate surface area is 123 Å². The Kier molecular flexibility index (Phi) is 5.33. The zero-order valence-corrected chi connectivity index (χ0v) is 11.7. The van der Waals surface area contributed by atoms with Crippen LogP contribution in [0, 0.1) is 0 Å². The highest BCUT2D eigenvalue weighted by molar-refractivity contribution is 7.87. The number of rotatable bonds is 6. The van der Waals surface area contributed by atoms with E-state index in [1.807, 2.05) is 0 Å². The number of halogens is 2. The third-order valence-corrected chi connectivity index (χ3v) is 3.04. The Bertz CT molecular complexity index is 680. The lowest BCUT2D eigenvalue weighted by atomic mass is 10.2. The molecule has 0 fully saturated rings. The molecule has 1 rings (SSSR count). The second-order valence-corrected chi connectivity index (χ2v) is 5.28. The number of esters is 2. The van der Waals surface area contributed by atoms with Crippen LogP contribution < -0.4 is 4.74 Å². The van der Waals surface area contributed by atoms with Crippen LogP contribution in [-0.2, 0) is 24.4 Å². The molecule has 120 valence electrons. The summed E-state index contributed by atoms with van der Waals surface area (Å²) in [5, 5.41) is -5.17. The Morgan fingerprint density at radius 2 is 1.82 bits per heavy atom. The van der Waals surface area contributed by atoms with Crippen molar-refractivity contribution < 1.29 is 40.8 Å². The number of hydrogen-bond acceptors (Lipinski definition) is 6. The number of ether oxygens (including phenoxy) is 2. The van der Waals surface area contributed by atoms with Gasteiger partial charge >= 0.3 is 27.3 Å². The molecular formula is C12H10F2O7S. The molecule has 0 aliphatic rings. The van der Waals surface area contributed by atoms with E-state index in [1.165, 1.54) is 18.2 Å². The van der Waals surface area contributed by atoms with E-state index in [4.69, 9.17) is 4.55 Å². The molecule has 0 aromatic heterocycles. The largest absolute Gasteiger partial charge is 0.465 e. The van der Waals surface area contributed by atoms with Gasteiger partial charge in [0, 0.05) is 0 Å². The molecule has 0 amide bonds. The van der Waals surface area contributed by atoms with Crippen LogP contribution in [0.25, 0.3) is 6.08 Å². The van der Waals surface area contributed by atoms with Crippen LogP contribution in [-0.4, -0.2) is 36.8 Å². The van der Waals surface area contributed by atoms with Gasteiger partial charge in [0.2, 0.25) is 0 Å². The summed E-state index contributed by atoms with van der Waals surface area (Å²) < 4.78 is 62.8. The van der Waals surface area contributed by atoms with Gasteiger partial charge in [-0.3, -0.25) is 4.55 Å². The van der Waals surface area contributed by atoms with Gasteiger partial charge in [0.15, 0.2) is 6.61 Å². The molecule has 0 atom stereocenters. The summed E-state index contributed by atoms with van der Waals surface area (Å²) >= 11 is 0. The Hall–Kier alpha value is -2.33. The molecule has 0 radical (unpaired) electrons. The summed E-state index contributed by atoms with van der Waals surface area (Å²) in [6.45, 7) is 2.25. The molecule has 7 nitrogen and oxygen atoms in total. The first-order chi connectivity index (χ1) is 10.1. The lowest BCUT2D eigenvalue weighted by molar-refractivity contribution is -0.166. The summed E-state index contributed by atoms with van der Waals surface area (Å²) in [6, 6.07) is 5.86. The molecule has 0 saturated carbocycles. The lowest BCUT2D eigenvalue weighted by Gasteiger charge is -2.11. The number of hydrogen-bond donors (Lipinski definition) is 1. The van der Waals surface area contributed by atoms with Gasteiger partial charge in [-0.1, -0.05) is 24.8 Å². The first-order valence-electron chi connectivity index (χ1n) is 5.53. The molecule has 0 unspecified atom stereocenters. The quantitative estimate of drug-likeness (QED) is 0.473. The Morgan fingerprint density at radius 3 is 2.27 bits per heavy atom. The molecule has 0 heterocycles. The molecule has 1 N–H and O–H groups in total. The first kappa shape index (κ1) is 17.7. The zero-order chi connectivity index (χ0) is 17.0. The minimum atomic E-state index is -5.99. The molecular weight excluding hydrogens is 326 g/mol. The topological polar surface area (TPSA) is 107 Å². The Morgan fingerprint density at radius 1 is 1.27 bits per heavy atom. The number of benzene rings is 1. The highest BCUT2D eigenvalue weighted by Crippen LogP contribution is 2.22. The average molecular weight is 336 g/mol. The molecule has 22 heavy (non-hydrogen) atoms. The fourth-order valence-electron chi connectivity index (χ4n) is 1.15. The van der Waals surface area contributed by atoms with Crippen LogP contribution in [0.3, 0.4) is 0 Å². The van der Waals surface area contributed by atoms with Crippen molar-refractivity contribution in [3.63, 3.8) is 0 Å². The third-order valence-electron chi connectivity index (χ3n) is 2.23. The number of carbonyl (C=O) groups excluding carboxylic acids is 2. The maximum Gasteiger partial charge on any atom is 0.465 e. The van der Waals surface area contributed by atoms with Gasteiger partial charge in [0.1, 0.15) is 5.75 Å². The lowest BCUT2D eigenvalue weighted by Crippen LogP contribution is -2.40. The fourth-order valence-corrected chi connectivity index (χ4v) is 1.42. The van der Waals surface area contributed by atoms with Crippen molar-refractivity contribution in [1.82, 2.24) is 0 Å². The maximum absolute atomic E-state index is 12.8. The molecule has 0 aliphatic heterocycles. The van der Waals surface area contributed by atoms with Crippen LogP contribution in [0.4, 0.5) is 8.78 Å². The molecule has 0 aliphatic carbocycles. The molecule has 10 heteroatoms. The van der Waals surface area contributed by atoms with Crippen molar-refractivity contribution in [2.75, 3.05) is 6.61 Å². The molecule has 0 bridgehead atoms. The van der Waals surface area contributed by atoms with Gasteiger partial charge in [-0.05, 0) is 17.7 Å². The molecule has 1 aromatic rings. The summed E-state index contributed by atoms with van der Waals surface area (Å²) in [6.07, 6.45) is 1.53. The smallest absolute Gasteiger partial charge is 0.448 e. The average Bonchev–Trinajstić information content (AvgIpc) is 2.44. The SMILES string of the molecule is C=Cc1ccc(OC(=O)COC(=O)C(F)(F)S(=O)(=O)O)cc1. The molecule has 1 aromatic carbocycles. The van der Waals surface area contributed by atoms with Crippen molar-refractivity contribution in [3.05, 3.63) is 36.4 Å². The Balaban J connectivity index is 2.59. The van der Waals surface area contributed by atoms with E-state index in [0.29, 0.717) is 0 Å². The second-order valence-electron chi connectivity index (χ2n) is 3.82. The van der Waals surface area contributed by atoms with Crippen molar-refractivity contribution in [3.8, 4) is 5.75 Å². The summed E-state index contributed by atoms with van der Waals surface area (Å²) in [5.74, 6) is -3.76. The van der Waals surface area contributed by atoms with Crippen LogP contribution in [0.5, 0.6) is 5.75 Å². The van der Waals surface area contributed by atoms with Crippen molar-refractivity contribution >= 4 is 28.1 Å². The van der Waals surface area contributed by atoms with Crippen molar-refractivity contribution in [1.29, 1.82) is 0 Å². The van der Waals surface area contributed by atoms with Gasteiger partial charge in [0.25, 0.3) is 0 Å². The fraction of sp³-hybridized carbons (Fsp3) is 0.167. The highest BCUT2D eigenvalue weighted by atomic mass is 32.2. The summed E-state index contributed by atoms with van der Waals surface area (Å²) in [7, 11) is -5.99. The van der Waals surface area contributed by atoms with Crippen LogP contribution in [0.2, 0.25) is 0 Å². The van der Waals surface area contributed by atoms with Gasteiger partial charge < -0.3 is 9.47 Å². The van der Waals surface area contributed by atoms with Crippen molar-refractivity contribution in [2.24, 2.45) is 0 Å². The predicted octanol–water partition coefficient (Wildman–Crippen LogP) is 1.26. The van der Waals surface area contributed by atoms with Crippen LogP contribution >= 0.6 is 0 Å². The van der Waals surface area contributed by atoms with Crippen LogP contribution in [0.15, 0.2) is 30.8 Å². The van der Waals surface area contributed by atoms with E-state index in [9.17, 15) is 26.8 Å². The van der Waals surface area contributed by atoms with E-state index in [0.717, 1.165) is 5.56 Å². The van der Waals surface area contributed by atoms with E-state index >= 15 is 0 Å². The normalized spacial score (nSPS) is 11.6. The summed E-state index contributed by atoms with van der Waals surface area (Å²) in [5.41, 5.74) is 0.735. The zero-order valence-electron chi connectivity index (χ0n) is 10.9. The van der Waals surface area contributed by atoms with Gasteiger partial charge in [0.05, 0.1) is 0 Å². The molecule has 0 saturated heterocycles. The first-order valence-corrected chi connectivity index (χ1v) is 6.97. The third kappa shape index (κ3) is 4.33. The minimum absolute atomic E-state index is 0.0492. The van der Waals surface area contributed by atoms with Gasteiger partial charge in [-0.15, -0.1) is 0 Å². The van der Waals surface area contributed by atoms with Crippen molar-refractivity contribution in [2.45, 2.75) is 5.25 Å². The maximum atomic E-state index is 12.8. The minimum Gasteiger partial charge on any atom is -0.448 e. The van der Waals surface area contributed by atoms with Gasteiger partial charge in [-0.2, -0.15) is 17.2 Å². The van der Waals surface area contributed by atoms with E-state index < -0.39 is 33.9 Å². The second kappa shape index (κ2) is 6.62. The standard InChI is InChI=1S/C12H10F2O7S/c1-2-8-3-5-9(6-4-8)21-10(15)7-20-11(16)12(13,14)22(17,18)19/h2-6H,1,7H2,(H,17,18,19). The van der Waals surface area contributed by atoms with E-state index in [2.05, 4.69) is 16.1 Å². The van der Waals surface area contributed by atoms with Crippen LogP contribution in [0.1, 0.15) is 5.56 Å². The molecule has 0 spiro atoms. The summed E-state index contributed by atoms with van der Waals surface area (Å²) in [4.78, 5) is 22.1. The van der Waals surface area contributed by atoms with E-state index in [-0.39, 0.29) is 5.75 Å². The van der Waals surface area contributed by atoms with Gasteiger partial charge in [-0.25, -0.2) is 9.59 Å². The predicted molar refractivity (Wildman–Crippen MR) is 69.6 cm³/mol. The number of alkyl halides is 2.